The molecule has 2 atom stereocenters. The Hall–Kier alpha value is -4.48. The first kappa shape index (κ1) is 24.2. The number of pyridine rings is 1. The van der Waals surface area contributed by atoms with E-state index in [4.69, 9.17) is 11.6 Å². The summed E-state index contributed by atoms with van der Waals surface area (Å²) in [5, 5.41) is 28.5. The second-order valence-electron chi connectivity index (χ2n) is 8.52. The lowest BCUT2D eigenvalue weighted by atomic mass is 10.0. The molecular formula is C28H23ClFN7. The van der Waals surface area contributed by atoms with Gasteiger partial charge in [0.05, 0.1) is 34.0 Å². The van der Waals surface area contributed by atoms with E-state index >= 15 is 0 Å². The molecule has 3 N–H and O–H groups in total. The van der Waals surface area contributed by atoms with Gasteiger partial charge in [-0.15, -0.1) is 0 Å². The van der Waals surface area contributed by atoms with Gasteiger partial charge in [0.15, 0.2) is 0 Å². The number of halogens is 2. The fourth-order valence-corrected chi connectivity index (χ4v) is 4.67. The smallest absolute Gasteiger partial charge is 0.128 e. The van der Waals surface area contributed by atoms with Crippen LogP contribution in [0.25, 0.3) is 10.9 Å². The average Bonchev–Trinajstić information content (AvgIpc) is 3.46. The quantitative estimate of drug-likeness (QED) is 0.212. The molecule has 9 heteroatoms. The number of nitrogens with one attached hydrogen (secondary N) is 3. The van der Waals surface area contributed by atoms with E-state index < -0.39 is 6.04 Å². The molecule has 2 aromatic heterocycles. The number of hydrogen-bond acceptors (Lipinski definition) is 6. The highest BCUT2D eigenvalue weighted by atomic mass is 35.5. The molecule has 3 aromatic carbocycles. The third-order valence-corrected chi connectivity index (χ3v) is 6.52. The highest BCUT2D eigenvalue weighted by Gasteiger charge is 2.22. The van der Waals surface area contributed by atoms with Crippen molar-refractivity contribution in [2.24, 2.45) is 0 Å². The molecule has 0 fully saturated rings. The Labute approximate surface area is 218 Å². The summed E-state index contributed by atoms with van der Waals surface area (Å²) in [6.45, 7) is 2.08. The van der Waals surface area contributed by atoms with Crippen LogP contribution < -0.4 is 10.6 Å². The Morgan fingerprint density at radius 2 is 1.84 bits per heavy atom. The summed E-state index contributed by atoms with van der Waals surface area (Å²) in [7, 11) is 0. The van der Waals surface area contributed by atoms with Gasteiger partial charge in [-0.05, 0) is 30.2 Å². The highest BCUT2D eigenvalue weighted by molar-refractivity contribution is 6.35. The Bertz CT molecular complexity index is 1570. The zero-order chi connectivity index (χ0) is 25.8. The van der Waals surface area contributed by atoms with Crippen molar-refractivity contribution in [2.45, 2.75) is 25.4 Å². The van der Waals surface area contributed by atoms with E-state index in [1.54, 1.807) is 30.5 Å². The molecule has 0 aliphatic carbocycles. The molecule has 2 heterocycles. The normalized spacial score (nSPS) is 12.6. The molecule has 37 heavy (non-hydrogen) atoms. The molecule has 0 saturated carbocycles. The number of nitrogens with zero attached hydrogens (tertiary/aromatic N) is 4. The maximum atomic E-state index is 14.8. The molecule has 0 aliphatic heterocycles. The van der Waals surface area contributed by atoms with E-state index in [2.05, 4.69) is 44.0 Å². The third-order valence-electron chi connectivity index (χ3n) is 6.23. The summed E-state index contributed by atoms with van der Waals surface area (Å²) in [5.41, 5.74) is 4.23. The molecule has 0 amide bonds. The Balaban J connectivity index is 1.61. The van der Waals surface area contributed by atoms with E-state index in [1.165, 1.54) is 12.3 Å². The number of aromatic nitrogens is 4. The first-order valence-electron chi connectivity index (χ1n) is 11.8. The number of anilines is 2. The van der Waals surface area contributed by atoms with Crippen LogP contribution >= 0.6 is 11.6 Å². The molecule has 7 nitrogen and oxygen atoms in total. The van der Waals surface area contributed by atoms with Gasteiger partial charge in [-0.3, -0.25) is 4.98 Å². The van der Waals surface area contributed by atoms with E-state index in [1.807, 2.05) is 36.4 Å². The topological polar surface area (TPSA) is 102 Å². The summed E-state index contributed by atoms with van der Waals surface area (Å²) >= 11 is 6.68. The maximum Gasteiger partial charge on any atom is 0.128 e. The van der Waals surface area contributed by atoms with E-state index in [-0.39, 0.29) is 11.9 Å². The van der Waals surface area contributed by atoms with Crippen molar-refractivity contribution >= 4 is 33.9 Å². The van der Waals surface area contributed by atoms with Gasteiger partial charge in [0, 0.05) is 22.8 Å². The second kappa shape index (κ2) is 10.6. The van der Waals surface area contributed by atoms with Gasteiger partial charge < -0.3 is 10.6 Å². The zero-order valence-corrected chi connectivity index (χ0v) is 20.7. The number of aromatic amines is 1. The predicted octanol–water partition coefficient (Wildman–Crippen LogP) is 6.78. The molecule has 5 aromatic rings. The van der Waals surface area contributed by atoms with Gasteiger partial charge in [-0.1, -0.05) is 67.1 Å². The van der Waals surface area contributed by atoms with Crippen molar-refractivity contribution in [3.8, 4) is 6.07 Å². The van der Waals surface area contributed by atoms with Gasteiger partial charge in [0.1, 0.15) is 23.6 Å². The maximum absolute atomic E-state index is 14.8. The molecule has 0 spiro atoms. The first-order valence-corrected chi connectivity index (χ1v) is 12.2. The van der Waals surface area contributed by atoms with Crippen LogP contribution in [0.4, 0.5) is 15.8 Å². The fraction of sp³-hybridized carbons (Fsp3) is 0.143. The Morgan fingerprint density at radius 3 is 2.54 bits per heavy atom. The van der Waals surface area contributed by atoms with Crippen molar-refractivity contribution in [3.05, 3.63) is 112 Å². The largest absolute Gasteiger partial charge is 0.377 e. The van der Waals surface area contributed by atoms with Crippen molar-refractivity contribution < 1.29 is 4.39 Å². The number of fused-ring (bicyclic) bond motifs is 1. The minimum absolute atomic E-state index is 0.0319. The minimum atomic E-state index is -0.635. The van der Waals surface area contributed by atoms with Crippen LogP contribution in [-0.2, 0) is 0 Å². The Kier molecular flexibility index (Phi) is 6.97. The monoisotopic (exact) mass is 511 g/mol. The molecule has 0 aliphatic rings. The Morgan fingerprint density at radius 1 is 1.05 bits per heavy atom. The van der Waals surface area contributed by atoms with Crippen molar-refractivity contribution in [1.82, 2.24) is 20.4 Å². The summed E-state index contributed by atoms with van der Waals surface area (Å²) in [6, 6.07) is 21.7. The standard InChI is InChI=1S/C28H23ClFN7/c1-2-24(17-8-4-3-5-9-17)35-26-18(14-31)15-32-27-21(26)12-19(13-22(27)29)34-28(25-16-33-37-36-25)20-10-6-7-11-23(20)30/h3-13,15-16,24,28,34H,2H2,1H3,(H,32,35)(H,33,36,37)/t24-,28+/m1/s1. The van der Waals surface area contributed by atoms with Crippen molar-refractivity contribution in [2.75, 3.05) is 10.6 Å². The number of nitriles is 1. The first-order chi connectivity index (χ1) is 18.1. The SMILES string of the molecule is CC[C@@H](Nc1c(C#N)cnc2c(Cl)cc(N[C@H](c3cn[nH]n3)c3ccccc3F)cc12)c1ccccc1. The fourth-order valence-electron chi connectivity index (χ4n) is 4.40. The van der Waals surface area contributed by atoms with Gasteiger partial charge >= 0.3 is 0 Å². The molecule has 0 radical (unpaired) electrons. The molecule has 0 saturated heterocycles. The number of H-pyrrole nitrogens is 1. The number of rotatable bonds is 8. The molecule has 0 bridgehead atoms. The zero-order valence-electron chi connectivity index (χ0n) is 19.9. The summed E-state index contributed by atoms with van der Waals surface area (Å²) in [6.07, 6.45) is 3.87. The van der Waals surface area contributed by atoms with Crippen LogP contribution in [0.3, 0.4) is 0 Å². The lowest BCUT2D eigenvalue weighted by Gasteiger charge is -2.22. The number of hydrogen-bond donors (Lipinski definition) is 3. The molecular weight excluding hydrogens is 489 g/mol. The van der Waals surface area contributed by atoms with Crippen LogP contribution in [0.1, 0.15) is 47.8 Å². The molecule has 0 unspecified atom stereocenters. The average molecular weight is 512 g/mol. The van der Waals surface area contributed by atoms with Crippen molar-refractivity contribution in [1.29, 1.82) is 5.26 Å². The lowest BCUT2D eigenvalue weighted by molar-refractivity contribution is 0.602. The van der Waals surface area contributed by atoms with Crippen molar-refractivity contribution in [3.63, 3.8) is 0 Å². The van der Waals surface area contributed by atoms with Crippen LogP contribution in [0.2, 0.25) is 5.02 Å². The van der Waals surface area contributed by atoms with Crippen LogP contribution in [0.5, 0.6) is 0 Å². The summed E-state index contributed by atoms with van der Waals surface area (Å²) in [5.74, 6) is -0.376. The summed E-state index contributed by atoms with van der Waals surface area (Å²) < 4.78 is 14.8. The van der Waals surface area contributed by atoms with E-state index in [0.29, 0.717) is 44.1 Å². The highest BCUT2D eigenvalue weighted by Crippen LogP contribution is 2.37. The third kappa shape index (κ3) is 4.95. The minimum Gasteiger partial charge on any atom is -0.377 e. The van der Waals surface area contributed by atoms with Gasteiger partial charge in [0.25, 0.3) is 0 Å². The predicted molar refractivity (Wildman–Crippen MR) is 143 cm³/mol. The lowest BCUT2D eigenvalue weighted by Crippen LogP contribution is -2.15. The van der Waals surface area contributed by atoms with E-state index in [9.17, 15) is 9.65 Å². The molecule has 5 rings (SSSR count). The van der Waals surface area contributed by atoms with E-state index in [0.717, 1.165) is 12.0 Å². The molecule has 184 valence electrons. The van der Waals surface area contributed by atoms with Crippen LogP contribution in [0, 0.1) is 17.1 Å². The van der Waals surface area contributed by atoms with Gasteiger partial charge in [0.2, 0.25) is 0 Å². The van der Waals surface area contributed by atoms with Gasteiger partial charge in [-0.2, -0.15) is 20.7 Å². The second-order valence-corrected chi connectivity index (χ2v) is 8.93. The van der Waals surface area contributed by atoms with Crippen LogP contribution in [0.15, 0.2) is 79.1 Å². The number of benzene rings is 3. The van der Waals surface area contributed by atoms with Crippen LogP contribution in [-0.4, -0.2) is 20.4 Å². The van der Waals surface area contributed by atoms with Gasteiger partial charge in [-0.25, -0.2) is 4.39 Å². The summed E-state index contributed by atoms with van der Waals surface area (Å²) in [4.78, 5) is 4.45.